The maximum Gasteiger partial charge on any atom is 0.120 e. The van der Waals surface area contributed by atoms with Gasteiger partial charge in [-0.1, -0.05) is 0 Å². The number of aryl methyl sites for hydroxylation is 2. The van der Waals surface area contributed by atoms with Gasteiger partial charge in [0.25, 0.3) is 0 Å². The maximum atomic E-state index is 9.37. The first-order valence-corrected chi connectivity index (χ1v) is 3.83. The predicted molar refractivity (Wildman–Crippen MR) is 47.2 cm³/mol. The first kappa shape index (κ1) is 7.16. The van der Waals surface area contributed by atoms with Crippen LogP contribution < -0.4 is 0 Å². The van der Waals surface area contributed by atoms with Gasteiger partial charge in [0, 0.05) is 5.56 Å². The third kappa shape index (κ3) is 0.863. The summed E-state index contributed by atoms with van der Waals surface area (Å²) in [6, 6.07) is 3.51. The molecule has 0 aliphatic heterocycles. The molecule has 0 aliphatic rings. The Morgan fingerprint density at radius 3 is 2.83 bits per heavy atom. The monoisotopic (exact) mass is 162 g/mol. The molecule has 1 heterocycles. The molecule has 1 aromatic carbocycles. The van der Waals surface area contributed by atoms with Crippen LogP contribution >= 0.6 is 0 Å². The van der Waals surface area contributed by atoms with Crippen LogP contribution in [-0.4, -0.2) is 15.1 Å². The second-order valence-corrected chi connectivity index (χ2v) is 2.93. The highest BCUT2D eigenvalue weighted by atomic mass is 16.3. The van der Waals surface area contributed by atoms with Crippen molar-refractivity contribution in [1.82, 2.24) is 9.97 Å². The largest absolute Gasteiger partial charge is 0.508 e. The van der Waals surface area contributed by atoms with Crippen molar-refractivity contribution in [1.29, 1.82) is 0 Å². The highest BCUT2D eigenvalue weighted by Crippen LogP contribution is 2.23. The van der Waals surface area contributed by atoms with E-state index in [0.717, 1.165) is 22.4 Å². The van der Waals surface area contributed by atoms with Gasteiger partial charge >= 0.3 is 0 Å². The topological polar surface area (TPSA) is 48.9 Å². The molecule has 0 aliphatic carbocycles. The molecule has 0 atom stereocenters. The lowest BCUT2D eigenvalue weighted by Gasteiger charge is -1.96. The third-order valence-electron chi connectivity index (χ3n) is 2.00. The molecule has 3 heteroatoms. The molecule has 1 aromatic heterocycles. The van der Waals surface area contributed by atoms with E-state index in [1.165, 1.54) is 0 Å². The number of aromatic nitrogens is 2. The minimum atomic E-state index is 0.300. The molecular weight excluding hydrogens is 152 g/mol. The lowest BCUT2D eigenvalue weighted by molar-refractivity contribution is 0.472. The second-order valence-electron chi connectivity index (χ2n) is 2.93. The highest BCUT2D eigenvalue weighted by Gasteiger charge is 2.04. The molecular formula is C9H10N2O. The van der Waals surface area contributed by atoms with E-state index in [9.17, 15) is 5.11 Å². The molecule has 12 heavy (non-hydrogen) atoms. The van der Waals surface area contributed by atoms with E-state index in [0.29, 0.717) is 5.75 Å². The smallest absolute Gasteiger partial charge is 0.120 e. The van der Waals surface area contributed by atoms with Gasteiger partial charge in [0.1, 0.15) is 11.6 Å². The number of hydrogen-bond donors (Lipinski definition) is 2. The van der Waals surface area contributed by atoms with Gasteiger partial charge in [-0.2, -0.15) is 0 Å². The third-order valence-corrected chi connectivity index (χ3v) is 2.00. The number of nitrogens with one attached hydrogen (secondary N) is 1. The standard InChI is InChI=1S/C9H10N2O/c1-5-8(12)4-3-7-9(5)11-6(2)10-7/h3-4,12H,1-2H3,(H,10,11). The van der Waals surface area contributed by atoms with E-state index in [4.69, 9.17) is 0 Å². The first-order chi connectivity index (χ1) is 5.68. The Hall–Kier alpha value is -1.51. The minimum absolute atomic E-state index is 0.300. The van der Waals surface area contributed by atoms with Crippen molar-refractivity contribution < 1.29 is 5.11 Å². The fourth-order valence-electron chi connectivity index (χ4n) is 1.33. The number of phenols is 1. The summed E-state index contributed by atoms with van der Waals surface area (Å²) in [5, 5.41) is 9.37. The zero-order valence-corrected chi connectivity index (χ0v) is 7.05. The molecule has 0 amide bonds. The van der Waals surface area contributed by atoms with Crippen molar-refractivity contribution >= 4 is 11.0 Å². The van der Waals surface area contributed by atoms with Gasteiger partial charge in [-0.15, -0.1) is 0 Å². The molecule has 2 N–H and O–H groups in total. The van der Waals surface area contributed by atoms with Gasteiger partial charge in [0.15, 0.2) is 0 Å². The average molecular weight is 162 g/mol. The summed E-state index contributed by atoms with van der Waals surface area (Å²) in [4.78, 5) is 7.36. The summed E-state index contributed by atoms with van der Waals surface area (Å²) < 4.78 is 0. The average Bonchev–Trinajstić information content (AvgIpc) is 2.39. The van der Waals surface area contributed by atoms with Crippen molar-refractivity contribution in [2.45, 2.75) is 13.8 Å². The van der Waals surface area contributed by atoms with Gasteiger partial charge in [-0.05, 0) is 26.0 Å². The Balaban J connectivity index is 2.89. The molecule has 0 fully saturated rings. The predicted octanol–water partition coefficient (Wildman–Crippen LogP) is 1.89. The molecule has 3 nitrogen and oxygen atoms in total. The van der Waals surface area contributed by atoms with Crippen LogP contribution in [0.15, 0.2) is 12.1 Å². The van der Waals surface area contributed by atoms with Gasteiger partial charge in [0.05, 0.1) is 11.0 Å². The van der Waals surface area contributed by atoms with E-state index < -0.39 is 0 Å². The van der Waals surface area contributed by atoms with Crippen molar-refractivity contribution in [3.63, 3.8) is 0 Å². The highest BCUT2D eigenvalue weighted by molar-refractivity contribution is 5.80. The van der Waals surface area contributed by atoms with Gasteiger partial charge in [0.2, 0.25) is 0 Å². The molecule has 62 valence electrons. The fourth-order valence-corrected chi connectivity index (χ4v) is 1.33. The number of fused-ring (bicyclic) bond motifs is 1. The second kappa shape index (κ2) is 2.24. The van der Waals surface area contributed by atoms with Gasteiger partial charge in [-0.25, -0.2) is 4.98 Å². The molecule has 0 bridgehead atoms. The number of benzene rings is 1. The van der Waals surface area contributed by atoms with Crippen molar-refractivity contribution in [2.24, 2.45) is 0 Å². The van der Waals surface area contributed by atoms with Crippen LogP contribution in [0.3, 0.4) is 0 Å². The Morgan fingerprint density at radius 2 is 2.08 bits per heavy atom. The number of H-pyrrole nitrogens is 1. The molecule has 0 unspecified atom stereocenters. The molecule has 0 spiro atoms. The number of aromatic amines is 1. The van der Waals surface area contributed by atoms with Crippen LogP contribution in [0.4, 0.5) is 0 Å². The first-order valence-electron chi connectivity index (χ1n) is 3.83. The van der Waals surface area contributed by atoms with E-state index in [1.54, 1.807) is 6.07 Å². The zero-order chi connectivity index (χ0) is 8.72. The number of aromatic hydroxyl groups is 1. The zero-order valence-electron chi connectivity index (χ0n) is 7.05. The Morgan fingerprint density at radius 1 is 1.33 bits per heavy atom. The molecule has 2 rings (SSSR count). The summed E-state index contributed by atoms with van der Waals surface area (Å²) in [6.07, 6.45) is 0. The fraction of sp³-hybridized carbons (Fsp3) is 0.222. The Bertz CT molecular complexity index is 431. The summed E-state index contributed by atoms with van der Waals surface area (Å²) in [5.74, 6) is 1.17. The summed E-state index contributed by atoms with van der Waals surface area (Å²) >= 11 is 0. The summed E-state index contributed by atoms with van der Waals surface area (Å²) in [7, 11) is 0. The molecule has 0 radical (unpaired) electrons. The van der Waals surface area contributed by atoms with E-state index in [-0.39, 0.29) is 0 Å². The lowest BCUT2D eigenvalue weighted by atomic mass is 10.2. The summed E-state index contributed by atoms with van der Waals surface area (Å²) in [5.41, 5.74) is 2.66. The number of hydrogen-bond acceptors (Lipinski definition) is 2. The quantitative estimate of drug-likeness (QED) is 0.621. The molecule has 0 saturated heterocycles. The van der Waals surface area contributed by atoms with Crippen LogP contribution in [0, 0.1) is 13.8 Å². The van der Waals surface area contributed by atoms with E-state index in [1.807, 2.05) is 19.9 Å². The van der Waals surface area contributed by atoms with Crippen LogP contribution in [0.1, 0.15) is 11.4 Å². The van der Waals surface area contributed by atoms with E-state index >= 15 is 0 Å². The van der Waals surface area contributed by atoms with Crippen LogP contribution in [0.2, 0.25) is 0 Å². The van der Waals surface area contributed by atoms with Crippen LogP contribution in [-0.2, 0) is 0 Å². The van der Waals surface area contributed by atoms with Crippen LogP contribution in [0.5, 0.6) is 5.75 Å². The van der Waals surface area contributed by atoms with Crippen molar-refractivity contribution in [2.75, 3.05) is 0 Å². The number of nitrogens with zero attached hydrogens (tertiary/aromatic N) is 1. The number of rotatable bonds is 0. The van der Waals surface area contributed by atoms with Crippen LogP contribution in [0.25, 0.3) is 11.0 Å². The SMILES string of the molecule is Cc1nc2c(C)c(O)ccc2[nH]1. The normalized spacial score (nSPS) is 10.8. The van der Waals surface area contributed by atoms with Crippen molar-refractivity contribution in [3.8, 4) is 5.75 Å². The minimum Gasteiger partial charge on any atom is -0.508 e. The molecule has 0 saturated carbocycles. The van der Waals surface area contributed by atoms with E-state index in [2.05, 4.69) is 9.97 Å². The summed E-state index contributed by atoms with van der Waals surface area (Å²) in [6.45, 7) is 3.76. The Labute approximate surface area is 70.1 Å². The number of phenolic OH excluding ortho intramolecular Hbond substituents is 1. The maximum absolute atomic E-state index is 9.37. The van der Waals surface area contributed by atoms with Gasteiger partial charge in [-0.3, -0.25) is 0 Å². The number of imidazole rings is 1. The lowest BCUT2D eigenvalue weighted by Crippen LogP contribution is -1.77. The van der Waals surface area contributed by atoms with Gasteiger partial charge < -0.3 is 10.1 Å². The Kier molecular flexibility index (Phi) is 1.33. The van der Waals surface area contributed by atoms with Crippen molar-refractivity contribution in [3.05, 3.63) is 23.5 Å². The molecule has 2 aromatic rings.